The number of benzene rings is 1. The van der Waals surface area contributed by atoms with E-state index in [1.54, 1.807) is 29.2 Å². The van der Waals surface area contributed by atoms with Gasteiger partial charge in [0.15, 0.2) is 0 Å². The Morgan fingerprint density at radius 3 is 2.73 bits per heavy atom. The average Bonchev–Trinajstić information content (AvgIpc) is 2.96. The standard InChI is InChI=1S/C15H14Cl2N4O/c16-11-2-1-9(5-12(11)17)13-6-14(20-8-19-13)15(22)21-4-3-10(18)7-21/h1-2,5-6,8,10H,3-4,7,18H2/t10-/m0/s1. The Morgan fingerprint density at radius 1 is 1.23 bits per heavy atom. The van der Waals surface area contributed by atoms with E-state index in [0.717, 1.165) is 12.0 Å². The third kappa shape index (κ3) is 3.06. The molecule has 5 nitrogen and oxygen atoms in total. The van der Waals surface area contributed by atoms with Crippen LogP contribution in [0.25, 0.3) is 11.3 Å². The number of nitrogens with two attached hydrogens (primary N) is 1. The molecule has 1 amide bonds. The van der Waals surface area contributed by atoms with Gasteiger partial charge in [-0.1, -0.05) is 29.3 Å². The van der Waals surface area contributed by atoms with Crippen molar-refractivity contribution in [3.8, 4) is 11.3 Å². The van der Waals surface area contributed by atoms with E-state index in [2.05, 4.69) is 9.97 Å². The van der Waals surface area contributed by atoms with Crippen molar-refractivity contribution in [2.75, 3.05) is 13.1 Å². The molecule has 1 aromatic heterocycles. The first-order valence-corrected chi connectivity index (χ1v) is 7.62. The van der Waals surface area contributed by atoms with E-state index in [0.29, 0.717) is 34.5 Å². The number of halogens is 2. The number of hydrogen-bond donors (Lipinski definition) is 1. The summed E-state index contributed by atoms with van der Waals surface area (Å²) < 4.78 is 0. The highest BCUT2D eigenvalue weighted by Gasteiger charge is 2.25. The van der Waals surface area contributed by atoms with Crippen LogP contribution in [-0.2, 0) is 0 Å². The Bertz CT molecular complexity index is 722. The summed E-state index contributed by atoms with van der Waals surface area (Å²) in [5.41, 5.74) is 7.60. The molecule has 2 heterocycles. The molecule has 3 rings (SSSR count). The summed E-state index contributed by atoms with van der Waals surface area (Å²) in [5.74, 6) is -0.128. The predicted octanol–water partition coefficient (Wildman–Crippen LogP) is 2.62. The summed E-state index contributed by atoms with van der Waals surface area (Å²) in [6.45, 7) is 1.22. The lowest BCUT2D eigenvalue weighted by Crippen LogP contribution is -2.32. The SMILES string of the molecule is N[C@H]1CCN(C(=O)c2cc(-c3ccc(Cl)c(Cl)c3)ncn2)C1. The fourth-order valence-electron chi connectivity index (χ4n) is 2.42. The Labute approximate surface area is 138 Å². The quantitative estimate of drug-likeness (QED) is 0.914. The van der Waals surface area contributed by atoms with Crippen molar-refractivity contribution in [1.29, 1.82) is 0 Å². The van der Waals surface area contributed by atoms with Crippen molar-refractivity contribution in [2.45, 2.75) is 12.5 Å². The lowest BCUT2D eigenvalue weighted by atomic mass is 10.1. The number of likely N-dealkylation sites (tertiary alicyclic amines) is 1. The van der Waals surface area contributed by atoms with E-state index in [9.17, 15) is 4.79 Å². The highest BCUT2D eigenvalue weighted by Crippen LogP contribution is 2.27. The Hall–Kier alpha value is -1.69. The molecule has 114 valence electrons. The summed E-state index contributed by atoms with van der Waals surface area (Å²) in [4.78, 5) is 22.4. The first kappa shape index (κ1) is 15.2. The molecule has 1 aromatic carbocycles. The van der Waals surface area contributed by atoms with Gasteiger partial charge >= 0.3 is 0 Å². The number of aromatic nitrogens is 2. The van der Waals surface area contributed by atoms with Crippen LogP contribution in [0.1, 0.15) is 16.9 Å². The van der Waals surface area contributed by atoms with Gasteiger partial charge in [-0.05, 0) is 24.6 Å². The molecule has 1 saturated heterocycles. The van der Waals surface area contributed by atoms with E-state index in [1.807, 2.05) is 0 Å². The van der Waals surface area contributed by atoms with Crippen LogP contribution in [0.5, 0.6) is 0 Å². The molecule has 1 atom stereocenters. The maximum absolute atomic E-state index is 12.4. The molecule has 0 bridgehead atoms. The number of carbonyl (C=O) groups is 1. The van der Waals surface area contributed by atoms with Gasteiger partial charge < -0.3 is 10.6 Å². The van der Waals surface area contributed by atoms with Crippen LogP contribution in [0, 0.1) is 0 Å². The van der Waals surface area contributed by atoms with Gasteiger partial charge in [0.2, 0.25) is 0 Å². The van der Waals surface area contributed by atoms with Gasteiger partial charge in [-0.15, -0.1) is 0 Å². The van der Waals surface area contributed by atoms with Crippen molar-refractivity contribution >= 4 is 29.1 Å². The van der Waals surface area contributed by atoms with Crippen LogP contribution in [0.4, 0.5) is 0 Å². The van der Waals surface area contributed by atoms with Crippen LogP contribution in [0.2, 0.25) is 10.0 Å². The van der Waals surface area contributed by atoms with Crippen molar-refractivity contribution in [1.82, 2.24) is 14.9 Å². The van der Waals surface area contributed by atoms with E-state index in [-0.39, 0.29) is 11.9 Å². The third-order valence-corrected chi connectivity index (χ3v) is 4.35. The zero-order valence-electron chi connectivity index (χ0n) is 11.7. The van der Waals surface area contributed by atoms with Crippen molar-refractivity contribution < 1.29 is 4.79 Å². The minimum absolute atomic E-state index is 0.0420. The van der Waals surface area contributed by atoms with E-state index < -0.39 is 0 Å². The van der Waals surface area contributed by atoms with E-state index in [4.69, 9.17) is 28.9 Å². The second-order valence-corrected chi connectivity index (χ2v) is 6.03. The van der Waals surface area contributed by atoms with Crippen molar-refractivity contribution in [3.63, 3.8) is 0 Å². The van der Waals surface area contributed by atoms with Gasteiger partial charge in [0.25, 0.3) is 5.91 Å². The molecule has 22 heavy (non-hydrogen) atoms. The average molecular weight is 337 g/mol. The molecule has 1 fully saturated rings. The zero-order valence-corrected chi connectivity index (χ0v) is 13.2. The van der Waals surface area contributed by atoms with Crippen LogP contribution in [0.15, 0.2) is 30.6 Å². The fourth-order valence-corrected chi connectivity index (χ4v) is 2.72. The third-order valence-electron chi connectivity index (χ3n) is 3.61. The minimum Gasteiger partial charge on any atom is -0.336 e. The van der Waals surface area contributed by atoms with Crippen LogP contribution < -0.4 is 5.73 Å². The molecule has 0 saturated carbocycles. The Kier molecular flexibility index (Phi) is 4.29. The van der Waals surface area contributed by atoms with Crippen LogP contribution in [0.3, 0.4) is 0 Å². The summed E-state index contributed by atoms with van der Waals surface area (Å²) in [6.07, 6.45) is 2.19. The number of amides is 1. The number of hydrogen-bond acceptors (Lipinski definition) is 4. The van der Waals surface area contributed by atoms with Crippen LogP contribution >= 0.6 is 23.2 Å². The van der Waals surface area contributed by atoms with Gasteiger partial charge in [0.05, 0.1) is 15.7 Å². The predicted molar refractivity (Wildman–Crippen MR) is 86.0 cm³/mol. The molecule has 0 aliphatic carbocycles. The van der Waals surface area contributed by atoms with Gasteiger partial charge in [0, 0.05) is 24.7 Å². The largest absolute Gasteiger partial charge is 0.336 e. The first-order valence-electron chi connectivity index (χ1n) is 6.87. The molecule has 0 radical (unpaired) electrons. The second-order valence-electron chi connectivity index (χ2n) is 5.22. The number of carbonyl (C=O) groups excluding carboxylic acids is 1. The normalized spacial score (nSPS) is 17.8. The maximum Gasteiger partial charge on any atom is 0.272 e. The summed E-state index contributed by atoms with van der Waals surface area (Å²) in [6, 6.07) is 6.91. The molecule has 2 aromatic rings. The smallest absolute Gasteiger partial charge is 0.272 e. The lowest BCUT2D eigenvalue weighted by Gasteiger charge is -2.15. The summed E-state index contributed by atoms with van der Waals surface area (Å²) in [7, 11) is 0. The zero-order chi connectivity index (χ0) is 15.7. The molecule has 0 unspecified atom stereocenters. The van der Waals surface area contributed by atoms with Crippen molar-refractivity contribution in [3.05, 3.63) is 46.3 Å². The van der Waals surface area contributed by atoms with Gasteiger partial charge in [0.1, 0.15) is 12.0 Å². The minimum atomic E-state index is -0.128. The summed E-state index contributed by atoms with van der Waals surface area (Å²) >= 11 is 11.9. The second kappa shape index (κ2) is 6.20. The fraction of sp³-hybridized carbons (Fsp3) is 0.267. The monoisotopic (exact) mass is 336 g/mol. The van der Waals surface area contributed by atoms with Gasteiger partial charge in [-0.25, -0.2) is 9.97 Å². The van der Waals surface area contributed by atoms with Gasteiger partial charge in [-0.2, -0.15) is 0 Å². The number of nitrogens with zero attached hydrogens (tertiary/aromatic N) is 3. The molecule has 1 aliphatic heterocycles. The van der Waals surface area contributed by atoms with Crippen LogP contribution in [-0.4, -0.2) is 39.9 Å². The highest BCUT2D eigenvalue weighted by atomic mass is 35.5. The topological polar surface area (TPSA) is 72.1 Å². The van der Waals surface area contributed by atoms with Gasteiger partial charge in [-0.3, -0.25) is 4.79 Å². The molecule has 0 spiro atoms. The molecular weight excluding hydrogens is 323 g/mol. The summed E-state index contributed by atoms with van der Waals surface area (Å²) in [5, 5.41) is 0.915. The Balaban J connectivity index is 1.89. The first-order chi connectivity index (χ1) is 10.5. The molecular formula is C15H14Cl2N4O. The number of rotatable bonds is 2. The van der Waals surface area contributed by atoms with Crippen molar-refractivity contribution in [2.24, 2.45) is 5.73 Å². The maximum atomic E-state index is 12.4. The molecule has 7 heteroatoms. The molecule has 2 N–H and O–H groups in total. The van der Waals surface area contributed by atoms with E-state index in [1.165, 1.54) is 6.33 Å². The molecule has 1 aliphatic rings. The highest BCUT2D eigenvalue weighted by molar-refractivity contribution is 6.42. The lowest BCUT2D eigenvalue weighted by molar-refractivity contribution is 0.0785. The Morgan fingerprint density at radius 2 is 2.05 bits per heavy atom. The van der Waals surface area contributed by atoms with E-state index >= 15 is 0 Å².